The quantitative estimate of drug-likeness (QED) is 0.767. The molecule has 25 heavy (non-hydrogen) atoms. The van der Waals surface area contributed by atoms with Gasteiger partial charge in [0.1, 0.15) is 12.4 Å². The summed E-state index contributed by atoms with van der Waals surface area (Å²) in [6, 6.07) is 0.340. The number of hydrogen-bond acceptors (Lipinski definition) is 4. The van der Waals surface area contributed by atoms with Crippen molar-refractivity contribution in [3.8, 4) is 0 Å². The van der Waals surface area contributed by atoms with Crippen molar-refractivity contribution in [1.29, 1.82) is 0 Å². The predicted molar refractivity (Wildman–Crippen MR) is 98.3 cm³/mol. The van der Waals surface area contributed by atoms with E-state index in [1.807, 2.05) is 4.68 Å². The fourth-order valence-electron chi connectivity index (χ4n) is 3.90. The number of aromatic nitrogens is 6. The first kappa shape index (κ1) is 17.8. The highest BCUT2D eigenvalue weighted by Gasteiger charge is 2.29. The van der Waals surface area contributed by atoms with Crippen LogP contribution in [0.1, 0.15) is 84.4 Å². The monoisotopic (exact) mass is 342 g/mol. The van der Waals surface area contributed by atoms with E-state index >= 15 is 0 Å². The van der Waals surface area contributed by atoms with Crippen molar-refractivity contribution in [2.45, 2.75) is 79.3 Å². The maximum atomic E-state index is 4.44. The third kappa shape index (κ3) is 3.53. The largest absolute Gasteiger partial charge is 0.313 e. The molecule has 136 valence electrons. The minimum absolute atomic E-state index is 0.0144. The third-order valence-electron chi connectivity index (χ3n) is 5.53. The van der Waals surface area contributed by atoms with Gasteiger partial charge in [-0.25, -0.2) is 4.68 Å². The minimum atomic E-state index is 0.0144. The van der Waals surface area contributed by atoms with Gasteiger partial charge >= 0.3 is 0 Å². The summed E-state index contributed by atoms with van der Waals surface area (Å²) in [5, 5.41) is 17.2. The van der Waals surface area contributed by atoms with Crippen LogP contribution in [0.5, 0.6) is 0 Å². The summed E-state index contributed by atoms with van der Waals surface area (Å²) in [7, 11) is 0. The maximum Gasteiger partial charge on any atom is 0.157 e. The fraction of sp³-hybridized carbons (Fsp3) is 0.684. The van der Waals surface area contributed by atoms with Gasteiger partial charge in [-0.15, -0.1) is 15.3 Å². The van der Waals surface area contributed by atoms with E-state index in [0.29, 0.717) is 6.04 Å². The topological polar surface area (TPSA) is 61.4 Å². The van der Waals surface area contributed by atoms with Crippen molar-refractivity contribution in [3.05, 3.63) is 35.2 Å². The number of allylic oxidation sites excluding steroid dienone is 2. The summed E-state index contributed by atoms with van der Waals surface area (Å²) in [5.74, 6) is 0.917. The van der Waals surface area contributed by atoms with Crippen LogP contribution >= 0.6 is 0 Å². The summed E-state index contributed by atoms with van der Waals surface area (Å²) in [5.41, 5.74) is 4.35. The summed E-state index contributed by atoms with van der Waals surface area (Å²) < 4.78 is 3.99. The number of hydrogen-bond donors (Lipinski definition) is 0. The van der Waals surface area contributed by atoms with E-state index < -0.39 is 0 Å². The Kier molecular flexibility index (Phi) is 4.80. The van der Waals surface area contributed by atoms with E-state index in [1.165, 1.54) is 30.4 Å². The van der Waals surface area contributed by atoms with Gasteiger partial charge in [0.15, 0.2) is 5.82 Å². The fourth-order valence-corrected chi connectivity index (χ4v) is 3.90. The van der Waals surface area contributed by atoms with Gasteiger partial charge in [-0.2, -0.15) is 0 Å². The molecule has 0 unspecified atom stereocenters. The zero-order valence-corrected chi connectivity index (χ0v) is 16.3. The molecule has 0 bridgehead atoms. The molecule has 6 nitrogen and oxygen atoms in total. The van der Waals surface area contributed by atoms with Gasteiger partial charge in [-0.1, -0.05) is 30.2 Å². The smallest absolute Gasteiger partial charge is 0.157 e. The normalized spacial score (nSPS) is 18.8. The van der Waals surface area contributed by atoms with E-state index in [0.717, 1.165) is 17.9 Å². The SMILES string of the molecule is CC1=C(Cc2cn([C@H](C)c3nncn3C(C)C)nn2)C(C)(C)CCC1. The highest BCUT2D eigenvalue weighted by Crippen LogP contribution is 2.41. The molecular weight excluding hydrogens is 312 g/mol. The van der Waals surface area contributed by atoms with Crippen molar-refractivity contribution < 1.29 is 0 Å². The molecule has 0 saturated carbocycles. The molecule has 0 amide bonds. The van der Waals surface area contributed by atoms with E-state index in [4.69, 9.17) is 0 Å². The number of nitrogens with zero attached hydrogens (tertiary/aromatic N) is 6. The maximum absolute atomic E-state index is 4.44. The molecule has 0 fully saturated rings. The van der Waals surface area contributed by atoms with Gasteiger partial charge in [0.05, 0.1) is 5.69 Å². The van der Waals surface area contributed by atoms with Crippen molar-refractivity contribution in [2.24, 2.45) is 5.41 Å². The Morgan fingerprint density at radius 3 is 2.64 bits per heavy atom. The van der Waals surface area contributed by atoms with Crippen molar-refractivity contribution in [3.63, 3.8) is 0 Å². The second-order valence-corrected chi connectivity index (χ2v) is 8.23. The summed E-state index contributed by atoms with van der Waals surface area (Å²) in [6.45, 7) is 13.3. The van der Waals surface area contributed by atoms with Crippen LogP contribution in [0, 0.1) is 5.41 Å². The van der Waals surface area contributed by atoms with Crippen molar-refractivity contribution >= 4 is 0 Å². The molecule has 3 rings (SSSR count). The van der Waals surface area contributed by atoms with Crippen LogP contribution in [0.15, 0.2) is 23.7 Å². The Labute approximate surface area is 150 Å². The predicted octanol–water partition coefficient (Wildman–Crippen LogP) is 4.13. The van der Waals surface area contributed by atoms with Crippen LogP contribution in [0.3, 0.4) is 0 Å². The van der Waals surface area contributed by atoms with Crippen molar-refractivity contribution in [2.75, 3.05) is 0 Å². The lowest BCUT2D eigenvalue weighted by molar-refractivity contribution is 0.358. The van der Waals surface area contributed by atoms with E-state index in [1.54, 1.807) is 6.33 Å². The first-order valence-electron chi connectivity index (χ1n) is 9.29. The lowest BCUT2D eigenvalue weighted by atomic mass is 9.71. The van der Waals surface area contributed by atoms with Gasteiger partial charge in [0.2, 0.25) is 0 Å². The van der Waals surface area contributed by atoms with Crippen LogP contribution in [0.2, 0.25) is 0 Å². The summed E-state index contributed by atoms with van der Waals surface area (Å²) >= 11 is 0. The Bertz CT molecular complexity index is 764. The molecule has 2 aromatic rings. The average molecular weight is 342 g/mol. The van der Waals surface area contributed by atoms with E-state index in [2.05, 4.69) is 72.8 Å². The highest BCUT2D eigenvalue weighted by atomic mass is 15.4. The molecule has 1 atom stereocenters. The van der Waals surface area contributed by atoms with Crippen LogP contribution in [-0.2, 0) is 6.42 Å². The summed E-state index contributed by atoms with van der Waals surface area (Å²) in [4.78, 5) is 0. The zero-order chi connectivity index (χ0) is 18.2. The molecule has 0 aromatic carbocycles. The van der Waals surface area contributed by atoms with E-state index in [-0.39, 0.29) is 11.5 Å². The van der Waals surface area contributed by atoms with Crippen molar-refractivity contribution in [1.82, 2.24) is 29.8 Å². The molecule has 0 N–H and O–H groups in total. The molecule has 0 radical (unpaired) electrons. The van der Waals surface area contributed by atoms with Gasteiger partial charge < -0.3 is 4.57 Å². The Morgan fingerprint density at radius 2 is 1.96 bits per heavy atom. The molecule has 2 heterocycles. The van der Waals surface area contributed by atoms with E-state index in [9.17, 15) is 0 Å². The minimum Gasteiger partial charge on any atom is -0.313 e. The molecule has 6 heteroatoms. The molecule has 0 spiro atoms. The summed E-state index contributed by atoms with van der Waals surface area (Å²) in [6.07, 6.45) is 8.49. The second-order valence-electron chi connectivity index (χ2n) is 8.23. The Hall–Kier alpha value is -1.98. The molecule has 2 aromatic heterocycles. The van der Waals surface area contributed by atoms with Crippen LogP contribution < -0.4 is 0 Å². The average Bonchev–Trinajstić information content (AvgIpc) is 3.19. The van der Waals surface area contributed by atoms with Gasteiger partial charge in [-0.05, 0) is 52.4 Å². The van der Waals surface area contributed by atoms with Crippen LogP contribution in [-0.4, -0.2) is 29.8 Å². The Balaban J connectivity index is 1.82. The van der Waals surface area contributed by atoms with Crippen LogP contribution in [0.4, 0.5) is 0 Å². The first-order chi connectivity index (χ1) is 11.8. The van der Waals surface area contributed by atoms with Gasteiger partial charge in [0, 0.05) is 18.7 Å². The number of rotatable bonds is 5. The standard InChI is InChI=1S/C19H30N6/c1-13(2)24-12-20-22-18(24)15(4)25-11-16(21-23-25)10-17-14(3)8-7-9-19(17,5)6/h11-13,15H,7-10H2,1-6H3/t15-/m1/s1. The van der Waals surface area contributed by atoms with Crippen LogP contribution in [0.25, 0.3) is 0 Å². The zero-order valence-electron chi connectivity index (χ0n) is 16.3. The molecule has 1 aliphatic rings. The lowest BCUT2D eigenvalue weighted by Crippen LogP contribution is -2.22. The Morgan fingerprint density at radius 1 is 1.20 bits per heavy atom. The molecule has 1 aliphatic carbocycles. The molecule has 0 saturated heterocycles. The highest BCUT2D eigenvalue weighted by molar-refractivity contribution is 5.26. The second kappa shape index (κ2) is 6.73. The lowest BCUT2D eigenvalue weighted by Gasteiger charge is -2.34. The molecular formula is C19H30N6. The third-order valence-corrected chi connectivity index (χ3v) is 5.53. The van der Waals surface area contributed by atoms with Gasteiger partial charge in [0.25, 0.3) is 0 Å². The molecule has 0 aliphatic heterocycles. The first-order valence-corrected chi connectivity index (χ1v) is 9.29. The van der Waals surface area contributed by atoms with Gasteiger partial charge in [-0.3, -0.25) is 0 Å².